The topological polar surface area (TPSA) is 85.0 Å². The first kappa shape index (κ1) is 16.0. The molecule has 1 aliphatic heterocycles. The fraction of sp³-hybridized carbons (Fsp3) is 0.333. The van der Waals surface area contributed by atoms with E-state index in [4.69, 9.17) is 5.73 Å². The Morgan fingerprint density at radius 1 is 1.24 bits per heavy atom. The van der Waals surface area contributed by atoms with Crippen LogP contribution in [0.3, 0.4) is 0 Å². The molecule has 7 heteroatoms. The molecule has 0 aliphatic carbocycles. The zero-order valence-corrected chi connectivity index (χ0v) is 14.8. The van der Waals surface area contributed by atoms with E-state index < -0.39 is 0 Å². The predicted octanol–water partition coefficient (Wildman–Crippen LogP) is 3.27. The molecule has 1 saturated heterocycles. The Hall–Kier alpha value is -2.54. The molecule has 1 aliphatic rings. The molecule has 0 saturated carbocycles. The normalized spacial score (nSPS) is 14.8. The Morgan fingerprint density at radius 2 is 2.04 bits per heavy atom. The molecule has 6 nitrogen and oxygen atoms in total. The molecule has 25 heavy (non-hydrogen) atoms. The van der Waals surface area contributed by atoms with E-state index in [1.807, 2.05) is 24.0 Å². The largest absolute Gasteiger partial charge is 0.396 e. The Bertz CT molecular complexity index is 946. The highest BCUT2D eigenvalue weighted by atomic mass is 32.1. The molecule has 0 atom stereocenters. The lowest BCUT2D eigenvalue weighted by molar-refractivity contribution is 0.0730. The average Bonchev–Trinajstić information content (AvgIpc) is 2.98. The number of hydrogen-bond acceptors (Lipinski definition) is 6. The summed E-state index contributed by atoms with van der Waals surface area (Å²) in [6.07, 6.45) is 6.75. The highest BCUT2D eigenvalue weighted by Crippen LogP contribution is 2.33. The minimum absolute atomic E-state index is 0.00306. The van der Waals surface area contributed by atoms with Crippen LogP contribution in [0.15, 0.2) is 24.5 Å². The number of likely N-dealkylation sites (tertiary alicyclic amines) is 1. The summed E-state index contributed by atoms with van der Waals surface area (Å²) >= 11 is 1.33. The highest BCUT2D eigenvalue weighted by Gasteiger charge is 2.24. The molecule has 0 spiro atoms. The SMILES string of the molecule is Cc1cc(-c2cnc3c(N)c(C(=O)N4CCCCC4)sc3n2)ccn1. The smallest absolute Gasteiger partial charge is 0.266 e. The molecule has 1 amide bonds. The van der Waals surface area contributed by atoms with E-state index in [2.05, 4.69) is 15.0 Å². The summed E-state index contributed by atoms with van der Waals surface area (Å²) in [5.41, 5.74) is 9.90. The van der Waals surface area contributed by atoms with Crippen molar-refractivity contribution in [1.82, 2.24) is 19.9 Å². The number of thiophene rings is 1. The van der Waals surface area contributed by atoms with Gasteiger partial charge in [0.25, 0.3) is 5.91 Å². The lowest BCUT2D eigenvalue weighted by Crippen LogP contribution is -2.35. The molecule has 0 aromatic carbocycles. The van der Waals surface area contributed by atoms with Gasteiger partial charge in [-0.15, -0.1) is 11.3 Å². The van der Waals surface area contributed by atoms with Crippen molar-refractivity contribution in [3.8, 4) is 11.3 Å². The molecule has 128 valence electrons. The molecule has 0 unspecified atom stereocenters. The summed E-state index contributed by atoms with van der Waals surface area (Å²) in [6.45, 7) is 3.54. The van der Waals surface area contributed by atoms with Crippen molar-refractivity contribution in [1.29, 1.82) is 0 Å². The molecule has 3 aromatic heterocycles. The summed E-state index contributed by atoms with van der Waals surface area (Å²) in [5, 5.41) is 0. The van der Waals surface area contributed by atoms with Gasteiger partial charge in [0.1, 0.15) is 15.2 Å². The van der Waals surface area contributed by atoms with Crippen LogP contribution in [0.2, 0.25) is 0 Å². The van der Waals surface area contributed by atoms with Crippen molar-refractivity contribution in [2.75, 3.05) is 18.8 Å². The molecule has 3 aromatic rings. The fourth-order valence-electron chi connectivity index (χ4n) is 3.13. The van der Waals surface area contributed by atoms with Gasteiger partial charge in [0, 0.05) is 30.5 Å². The fourth-order valence-corrected chi connectivity index (χ4v) is 4.15. The van der Waals surface area contributed by atoms with Crippen LogP contribution < -0.4 is 5.73 Å². The van der Waals surface area contributed by atoms with Crippen molar-refractivity contribution in [3.05, 3.63) is 35.1 Å². The van der Waals surface area contributed by atoms with Crippen molar-refractivity contribution >= 4 is 33.3 Å². The average molecular weight is 353 g/mol. The van der Waals surface area contributed by atoms with Crippen LogP contribution in [-0.4, -0.2) is 38.8 Å². The van der Waals surface area contributed by atoms with Gasteiger partial charge in [-0.2, -0.15) is 0 Å². The first-order valence-corrected chi connectivity index (χ1v) is 9.22. The number of amides is 1. The van der Waals surface area contributed by atoms with Crippen LogP contribution in [-0.2, 0) is 0 Å². The Labute approximate surface area is 149 Å². The third-order valence-electron chi connectivity index (χ3n) is 4.47. The van der Waals surface area contributed by atoms with Crippen LogP contribution in [0.1, 0.15) is 34.6 Å². The number of piperidine rings is 1. The van der Waals surface area contributed by atoms with E-state index >= 15 is 0 Å². The number of aromatic nitrogens is 3. The van der Waals surface area contributed by atoms with E-state index in [1.54, 1.807) is 12.4 Å². The number of hydrogen-bond donors (Lipinski definition) is 1. The standard InChI is InChI=1S/C18H19N5OS/c1-11-9-12(5-6-20-11)13-10-21-15-14(19)16(25-17(15)22-13)18(24)23-7-3-2-4-8-23/h5-6,9-10H,2-4,7-8,19H2,1H3. The van der Waals surface area contributed by atoms with E-state index in [-0.39, 0.29) is 5.91 Å². The third kappa shape index (κ3) is 2.95. The molecule has 0 bridgehead atoms. The van der Waals surface area contributed by atoms with Gasteiger partial charge in [0.15, 0.2) is 0 Å². The first-order valence-electron chi connectivity index (χ1n) is 8.41. The Kier molecular flexibility index (Phi) is 4.09. The number of rotatable bonds is 2. The molecule has 4 heterocycles. The lowest BCUT2D eigenvalue weighted by Gasteiger charge is -2.26. The molecule has 2 N–H and O–H groups in total. The quantitative estimate of drug-likeness (QED) is 0.764. The van der Waals surface area contributed by atoms with Gasteiger partial charge in [-0.3, -0.25) is 9.78 Å². The molecule has 1 fully saturated rings. The summed E-state index contributed by atoms with van der Waals surface area (Å²) in [4.78, 5) is 29.3. The minimum atomic E-state index is 0.00306. The predicted molar refractivity (Wildman–Crippen MR) is 99.5 cm³/mol. The maximum atomic E-state index is 12.8. The Morgan fingerprint density at radius 3 is 2.80 bits per heavy atom. The number of nitrogen functional groups attached to an aromatic ring is 1. The van der Waals surface area contributed by atoms with Crippen molar-refractivity contribution in [2.45, 2.75) is 26.2 Å². The summed E-state index contributed by atoms with van der Waals surface area (Å²) in [7, 11) is 0. The number of aryl methyl sites for hydroxylation is 1. The second-order valence-corrected chi connectivity index (χ2v) is 7.29. The summed E-state index contributed by atoms with van der Waals surface area (Å²) in [5.74, 6) is 0.00306. The van der Waals surface area contributed by atoms with Gasteiger partial charge in [0.05, 0.1) is 17.6 Å². The second kappa shape index (κ2) is 6.40. The number of nitrogens with two attached hydrogens (primary N) is 1. The lowest BCUT2D eigenvalue weighted by atomic mass is 10.1. The maximum absolute atomic E-state index is 12.8. The summed E-state index contributed by atoms with van der Waals surface area (Å²) < 4.78 is 0. The van der Waals surface area contributed by atoms with E-state index in [9.17, 15) is 4.79 Å². The van der Waals surface area contributed by atoms with E-state index in [0.717, 1.165) is 42.9 Å². The zero-order valence-electron chi connectivity index (χ0n) is 14.0. The molecule has 4 rings (SSSR count). The zero-order chi connectivity index (χ0) is 17.4. The van der Waals surface area contributed by atoms with Gasteiger partial charge in [-0.05, 0) is 38.3 Å². The Balaban J connectivity index is 1.73. The van der Waals surface area contributed by atoms with Gasteiger partial charge >= 0.3 is 0 Å². The number of anilines is 1. The van der Waals surface area contributed by atoms with Crippen LogP contribution in [0.25, 0.3) is 21.6 Å². The molecule has 0 radical (unpaired) electrons. The van der Waals surface area contributed by atoms with Gasteiger partial charge in [-0.25, -0.2) is 9.97 Å². The number of carbonyl (C=O) groups excluding carboxylic acids is 1. The maximum Gasteiger partial charge on any atom is 0.266 e. The van der Waals surface area contributed by atoms with E-state index in [1.165, 1.54) is 17.8 Å². The number of pyridine rings is 1. The van der Waals surface area contributed by atoms with Crippen molar-refractivity contribution < 1.29 is 4.79 Å². The highest BCUT2D eigenvalue weighted by molar-refractivity contribution is 7.21. The second-order valence-electron chi connectivity index (χ2n) is 6.29. The molecular formula is C18H19N5OS. The first-order chi connectivity index (χ1) is 12.1. The van der Waals surface area contributed by atoms with Gasteiger partial charge < -0.3 is 10.6 Å². The van der Waals surface area contributed by atoms with Crippen LogP contribution >= 0.6 is 11.3 Å². The number of fused-ring (bicyclic) bond motifs is 1. The monoisotopic (exact) mass is 353 g/mol. The van der Waals surface area contributed by atoms with Gasteiger partial charge in [0.2, 0.25) is 0 Å². The number of nitrogens with zero attached hydrogens (tertiary/aromatic N) is 4. The van der Waals surface area contributed by atoms with Gasteiger partial charge in [-0.1, -0.05) is 0 Å². The van der Waals surface area contributed by atoms with Crippen LogP contribution in [0.5, 0.6) is 0 Å². The summed E-state index contributed by atoms with van der Waals surface area (Å²) in [6, 6.07) is 3.87. The van der Waals surface area contributed by atoms with Crippen LogP contribution in [0.4, 0.5) is 5.69 Å². The third-order valence-corrected chi connectivity index (χ3v) is 5.55. The number of carbonyl (C=O) groups is 1. The minimum Gasteiger partial charge on any atom is -0.396 e. The molecular weight excluding hydrogens is 334 g/mol. The van der Waals surface area contributed by atoms with Crippen molar-refractivity contribution in [3.63, 3.8) is 0 Å². The van der Waals surface area contributed by atoms with Crippen LogP contribution in [0, 0.1) is 6.92 Å². The van der Waals surface area contributed by atoms with Crippen molar-refractivity contribution in [2.24, 2.45) is 0 Å². The van der Waals surface area contributed by atoms with E-state index in [0.29, 0.717) is 20.9 Å².